The number of rotatable bonds is 8. The van der Waals surface area contributed by atoms with Crippen molar-refractivity contribution in [3.8, 4) is 5.75 Å². The van der Waals surface area contributed by atoms with Gasteiger partial charge in [0, 0.05) is 43.7 Å². The summed E-state index contributed by atoms with van der Waals surface area (Å²) in [5.74, 6) is -0.180. The highest BCUT2D eigenvalue weighted by Crippen LogP contribution is 2.25. The highest BCUT2D eigenvalue weighted by molar-refractivity contribution is 7.89. The Morgan fingerprint density at radius 2 is 1.71 bits per heavy atom. The highest BCUT2D eigenvalue weighted by atomic mass is 32.2. The first-order valence-corrected chi connectivity index (χ1v) is 12.6. The van der Waals surface area contributed by atoms with Crippen molar-refractivity contribution in [2.75, 3.05) is 39.3 Å². The molecule has 0 atom stereocenters. The van der Waals surface area contributed by atoms with Crippen LogP contribution in [0.15, 0.2) is 77.2 Å². The molecule has 0 amide bonds. The summed E-state index contributed by atoms with van der Waals surface area (Å²) in [4.78, 5) is 13.4. The van der Waals surface area contributed by atoms with E-state index in [9.17, 15) is 13.2 Å². The Morgan fingerprint density at radius 1 is 1.00 bits per heavy atom. The Labute approximate surface area is 199 Å². The fraction of sp³-hybridized carbons (Fsp3) is 0.269. The van der Waals surface area contributed by atoms with Crippen molar-refractivity contribution in [3.63, 3.8) is 0 Å². The van der Waals surface area contributed by atoms with Crippen LogP contribution in [0.2, 0.25) is 0 Å². The van der Waals surface area contributed by atoms with Gasteiger partial charge in [0.05, 0.1) is 4.90 Å². The van der Waals surface area contributed by atoms with Gasteiger partial charge in [-0.15, -0.1) is 0 Å². The van der Waals surface area contributed by atoms with Crippen LogP contribution in [0.25, 0.3) is 16.8 Å². The highest BCUT2D eigenvalue weighted by Gasteiger charge is 2.28. The Kier molecular flexibility index (Phi) is 7.31. The summed E-state index contributed by atoms with van der Waals surface area (Å²) in [6, 6.07) is 20.5. The zero-order valence-electron chi connectivity index (χ0n) is 19.1. The quantitative estimate of drug-likeness (QED) is 0.495. The van der Waals surface area contributed by atoms with E-state index in [1.54, 1.807) is 18.2 Å². The lowest BCUT2D eigenvalue weighted by atomic mass is 10.1. The second-order valence-corrected chi connectivity index (χ2v) is 10.2. The molecule has 4 rings (SSSR count). The number of fused-ring (bicyclic) bond motifs is 1. The average molecular weight is 481 g/mol. The van der Waals surface area contributed by atoms with Gasteiger partial charge < -0.3 is 9.84 Å². The predicted molar refractivity (Wildman–Crippen MR) is 132 cm³/mol. The van der Waals surface area contributed by atoms with Crippen LogP contribution in [0, 0.1) is 0 Å². The molecule has 1 heterocycles. The van der Waals surface area contributed by atoms with Crippen molar-refractivity contribution in [2.24, 2.45) is 0 Å². The Balaban J connectivity index is 1.33. The van der Waals surface area contributed by atoms with Gasteiger partial charge in [-0.2, -0.15) is 4.31 Å². The van der Waals surface area contributed by atoms with Crippen molar-refractivity contribution in [1.82, 2.24) is 9.21 Å². The van der Waals surface area contributed by atoms with E-state index in [1.807, 2.05) is 30.3 Å². The summed E-state index contributed by atoms with van der Waals surface area (Å²) in [6.45, 7) is 4.75. The van der Waals surface area contributed by atoms with E-state index in [0.29, 0.717) is 44.9 Å². The van der Waals surface area contributed by atoms with E-state index in [4.69, 9.17) is 9.84 Å². The van der Waals surface area contributed by atoms with Crippen LogP contribution in [0.5, 0.6) is 5.75 Å². The van der Waals surface area contributed by atoms with Gasteiger partial charge >= 0.3 is 5.97 Å². The van der Waals surface area contributed by atoms with Crippen molar-refractivity contribution < 1.29 is 23.1 Å². The van der Waals surface area contributed by atoms with Crippen molar-refractivity contribution in [1.29, 1.82) is 0 Å². The molecule has 7 nitrogen and oxygen atoms in total. The van der Waals surface area contributed by atoms with Crippen molar-refractivity contribution >= 4 is 32.8 Å². The molecule has 1 aliphatic heterocycles. The summed E-state index contributed by atoms with van der Waals surface area (Å²) >= 11 is 0. The molecule has 1 fully saturated rings. The number of nitrogens with zero attached hydrogens (tertiary/aromatic N) is 2. The number of hydrogen-bond acceptors (Lipinski definition) is 5. The first-order chi connectivity index (χ1) is 16.3. The molecule has 0 bridgehead atoms. The summed E-state index contributed by atoms with van der Waals surface area (Å²) in [5, 5.41) is 11.3. The van der Waals surface area contributed by atoms with E-state index in [-0.39, 0.29) is 10.5 Å². The molecule has 0 aromatic heterocycles. The third-order valence-corrected chi connectivity index (χ3v) is 7.86. The molecule has 1 saturated heterocycles. The molecule has 34 heavy (non-hydrogen) atoms. The Bertz CT molecular complexity index is 1310. The second-order valence-electron chi connectivity index (χ2n) is 8.28. The van der Waals surface area contributed by atoms with Gasteiger partial charge in [0.2, 0.25) is 10.0 Å². The summed E-state index contributed by atoms with van der Waals surface area (Å²) in [6.07, 6.45) is 1.47. The molecule has 1 aliphatic rings. The summed E-state index contributed by atoms with van der Waals surface area (Å²) < 4.78 is 33.8. The summed E-state index contributed by atoms with van der Waals surface area (Å²) in [5.41, 5.74) is 0.694. The number of aliphatic carboxylic acids is 1. The van der Waals surface area contributed by atoms with Gasteiger partial charge in [-0.1, -0.05) is 48.5 Å². The van der Waals surface area contributed by atoms with Crippen molar-refractivity contribution in [3.05, 3.63) is 77.9 Å². The van der Waals surface area contributed by atoms with Crippen LogP contribution in [0.4, 0.5) is 0 Å². The van der Waals surface area contributed by atoms with Crippen LogP contribution in [-0.2, 0) is 14.8 Å². The zero-order chi connectivity index (χ0) is 24.1. The van der Waals surface area contributed by atoms with E-state index in [2.05, 4.69) is 17.0 Å². The minimum absolute atomic E-state index is 0.147. The number of carboxylic acids is 1. The van der Waals surface area contributed by atoms with E-state index in [1.165, 1.54) is 23.4 Å². The van der Waals surface area contributed by atoms with Crippen LogP contribution < -0.4 is 4.74 Å². The fourth-order valence-corrected chi connectivity index (χ4v) is 5.50. The number of hydrogen-bond donors (Lipinski definition) is 1. The third-order valence-electron chi connectivity index (χ3n) is 5.96. The predicted octanol–water partition coefficient (Wildman–Crippen LogP) is 3.71. The van der Waals surface area contributed by atoms with Crippen molar-refractivity contribution in [2.45, 2.75) is 11.8 Å². The van der Waals surface area contributed by atoms with Crippen LogP contribution >= 0.6 is 0 Å². The number of carbonyl (C=O) groups is 1. The lowest BCUT2D eigenvalue weighted by molar-refractivity contribution is -0.132. The van der Waals surface area contributed by atoms with Gasteiger partial charge in [-0.05, 0) is 42.1 Å². The minimum Gasteiger partial charge on any atom is -0.492 e. The van der Waals surface area contributed by atoms with E-state index < -0.39 is 16.0 Å². The van der Waals surface area contributed by atoms with E-state index in [0.717, 1.165) is 16.5 Å². The number of sulfonamides is 1. The molecule has 1 N–H and O–H groups in total. The van der Waals surface area contributed by atoms with Crippen LogP contribution in [0.3, 0.4) is 0 Å². The zero-order valence-corrected chi connectivity index (χ0v) is 19.9. The van der Waals surface area contributed by atoms with Gasteiger partial charge in [-0.3, -0.25) is 4.90 Å². The molecular weight excluding hydrogens is 452 g/mol. The normalized spacial score (nSPS) is 16.0. The lowest BCUT2D eigenvalue weighted by Crippen LogP contribution is -2.49. The molecule has 0 radical (unpaired) electrons. The SMILES string of the molecule is CC(=Cc1cccc(S(=O)(=O)N2CCN(CCOc3cccc4ccccc34)CC2)c1)C(=O)O. The molecule has 178 valence electrons. The topological polar surface area (TPSA) is 87.2 Å². The standard InChI is InChI=1S/C26H28N2O5S/c1-20(26(29)30)18-21-6-4-9-23(19-21)34(31,32)28-14-12-27(13-15-28)16-17-33-25-11-5-8-22-7-2-3-10-24(22)25/h2-11,18-19H,12-17H2,1H3,(H,29,30). The molecule has 8 heteroatoms. The maximum absolute atomic E-state index is 13.1. The smallest absolute Gasteiger partial charge is 0.331 e. The number of carboxylic acid groups (broad SMARTS) is 1. The van der Waals surface area contributed by atoms with Gasteiger partial charge in [0.25, 0.3) is 0 Å². The van der Waals surface area contributed by atoms with E-state index >= 15 is 0 Å². The van der Waals surface area contributed by atoms with Gasteiger partial charge in [0.15, 0.2) is 0 Å². The maximum atomic E-state index is 13.1. The molecule has 0 spiro atoms. The molecule has 3 aromatic rings. The van der Waals surface area contributed by atoms with Gasteiger partial charge in [0.1, 0.15) is 12.4 Å². The molecular formula is C26H28N2O5S. The molecule has 3 aromatic carbocycles. The summed E-state index contributed by atoms with van der Waals surface area (Å²) in [7, 11) is -3.65. The number of ether oxygens (including phenoxy) is 1. The van der Waals surface area contributed by atoms with Crippen LogP contribution in [0.1, 0.15) is 12.5 Å². The number of benzene rings is 3. The Hall–Kier alpha value is -3.20. The molecule has 0 unspecified atom stereocenters. The Morgan fingerprint density at radius 3 is 2.47 bits per heavy atom. The minimum atomic E-state index is -3.65. The average Bonchev–Trinajstić information content (AvgIpc) is 2.84. The fourth-order valence-electron chi connectivity index (χ4n) is 4.03. The largest absolute Gasteiger partial charge is 0.492 e. The number of piperazine rings is 1. The third kappa shape index (κ3) is 5.47. The first-order valence-electron chi connectivity index (χ1n) is 11.2. The second kappa shape index (κ2) is 10.4. The maximum Gasteiger partial charge on any atom is 0.331 e. The van der Waals surface area contributed by atoms with Gasteiger partial charge in [-0.25, -0.2) is 13.2 Å². The lowest BCUT2D eigenvalue weighted by Gasteiger charge is -2.33. The monoisotopic (exact) mass is 480 g/mol. The molecule has 0 aliphatic carbocycles. The van der Waals surface area contributed by atoms with Crippen LogP contribution in [-0.4, -0.2) is 68.0 Å². The first kappa shape index (κ1) is 23.9. The molecule has 0 saturated carbocycles.